The Hall–Kier alpha value is -1.33. The van der Waals surface area contributed by atoms with Crippen LogP contribution in [0.3, 0.4) is 0 Å². The van der Waals surface area contributed by atoms with Crippen molar-refractivity contribution in [2.45, 2.75) is 43.4 Å². The highest BCUT2D eigenvalue weighted by Crippen LogP contribution is 2.23. The van der Waals surface area contributed by atoms with Gasteiger partial charge in [-0.05, 0) is 37.1 Å². The Labute approximate surface area is 132 Å². The van der Waals surface area contributed by atoms with Crippen molar-refractivity contribution in [3.05, 3.63) is 41.2 Å². The van der Waals surface area contributed by atoms with E-state index in [0.29, 0.717) is 27.4 Å². The summed E-state index contributed by atoms with van der Waals surface area (Å²) in [5.41, 5.74) is 6.98. The van der Waals surface area contributed by atoms with Crippen molar-refractivity contribution in [1.82, 2.24) is 9.78 Å². The minimum atomic E-state index is -1.17. The van der Waals surface area contributed by atoms with Crippen LogP contribution in [0.4, 0.5) is 5.69 Å². The van der Waals surface area contributed by atoms with Gasteiger partial charge in [0.15, 0.2) is 0 Å². The summed E-state index contributed by atoms with van der Waals surface area (Å²) in [6.45, 7) is 4.29. The van der Waals surface area contributed by atoms with Crippen molar-refractivity contribution in [3.8, 4) is 0 Å². The zero-order chi connectivity index (χ0) is 15.4. The lowest BCUT2D eigenvalue weighted by Gasteiger charge is -2.12. The first-order chi connectivity index (χ1) is 10.0. The summed E-state index contributed by atoms with van der Waals surface area (Å²) < 4.78 is 14.3. The SMILES string of the molecule is CCC(CC)n1ccc(CS(=O)c2ccc(N)c(Cl)c2)n1. The molecular weight excluding hydrogens is 306 g/mol. The quantitative estimate of drug-likeness (QED) is 0.822. The van der Waals surface area contributed by atoms with Gasteiger partial charge in [-0.15, -0.1) is 0 Å². The average molecular weight is 326 g/mol. The maximum atomic E-state index is 12.4. The molecule has 21 heavy (non-hydrogen) atoms. The number of anilines is 1. The lowest BCUT2D eigenvalue weighted by atomic mass is 10.2. The van der Waals surface area contributed by atoms with E-state index in [0.717, 1.165) is 18.5 Å². The van der Waals surface area contributed by atoms with Gasteiger partial charge in [-0.2, -0.15) is 5.10 Å². The summed E-state index contributed by atoms with van der Waals surface area (Å²) >= 11 is 5.96. The van der Waals surface area contributed by atoms with E-state index in [4.69, 9.17) is 17.3 Å². The van der Waals surface area contributed by atoms with Crippen LogP contribution in [-0.4, -0.2) is 14.0 Å². The van der Waals surface area contributed by atoms with Gasteiger partial charge in [-0.25, -0.2) is 0 Å². The monoisotopic (exact) mass is 325 g/mol. The fraction of sp³-hybridized carbons (Fsp3) is 0.400. The second-order valence-corrected chi connectivity index (χ2v) is 6.79. The Bertz CT molecular complexity index is 638. The summed E-state index contributed by atoms with van der Waals surface area (Å²) in [6, 6.07) is 7.41. The molecule has 2 N–H and O–H groups in total. The van der Waals surface area contributed by atoms with Crippen LogP contribution in [0.25, 0.3) is 0 Å². The van der Waals surface area contributed by atoms with E-state index in [-0.39, 0.29) is 0 Å². The van der Waals surface area contributed by atoms with Gasteiger partial charge in [-0.3, -0.25) is 8.89 Å². The van der Waals surface area contributed by atoms with Crippen molar-refractivity contribution in [3.63, 3.8) is 0 Å². The molecule has 0 radical (unpaired) electrons. The van der Waals surface area contributed by atoms with Gasteiger partial charge in [0, 0.05) is 11.1 Å². The zero-order valence-corrected chi connectivity index (χ0v) is 13.8. The molecule has 0 aliphatic carbocycles. The lowest BCUT2D eigenvalue weighted by molar-refractivity contribution is 0.426. The smallest absolute Gasteiger partial charge is 0.0753 e. The first-order valence-corrected chi connectivity index (χ1v) is 8.72. The molecule has 0 fully saturated rings. The second-order valence-electron chi connectivity index (χ2n) is 4.93. The molecule has 0 saturated carbocycles. The standard InChI is InChI=1S/C15H20ClN3OS/c1-3-12(4-2)19-8-7-11(18-19)10-21(20)13-5-6-15(17)14(16)9-13/h5-9,12H,3-4,10,17H2,1-2H3. The molecule has 1 aromatic carbocycles. The molecule has 0 bridgehead atoms. The Balaban J connectivity index is 2.11. The summed E-state index contributed by atoms with van der Waals surface area (Å²) in [5.74, 6) is 0.382. The van der Waals surface area contributed by atoms with Gasteiger partial charge in [-0.1, -0.05) is 25.4 Å². The van der Waals surface area contributed by atoms with Crippen LogP contribution in [-0.2, 0) is 16.6 Å². The first-order valence-electron chi connectivity index (χ1n) is 7.02. The normalized spacial score (nSPS) is 12.8. The molecule has 114 valence electrons. The predicted molar refractivity (Wildman–Crippen MR) is 87.8 cm³/mol. The summed E-state index contributed by atoms with van der Waals surface area (Å²) in [7, 11) is -1.17. The molecule has 0 aliphatic heterocycles. The molecule has 1 aromatic heterocycles. The van der Waals surface area contributed by atoms with Crippen molar-refractivity contribution in [2.75, 3.05) is 5.73 Å². The van der Waals surface area contributed by atoms with Crippen LogP contribution in [0.15, 0.2) is 35.4 Å². The summed E-state index contributed by atoms with van der Waals surface area (Å²) in [6.07, 6.45) is 4.03. The fourth-order valence-corrected chi connectivity index (χ4v) is 3.49. The molecule has 0 spiro atoms. The zero-order valence-electron chi connectivity index (χ0n) is 12.3. The van der Waals surface area contributed by atoms with Gasteiger partial charge in [0.2, 0.25) is 0 Å². The molecule has 0 saturated heterocycles. The highest BCUT2D eigenvalue weighted by atomic mass is 35.5. The summed E-state index contributed by atoms with van der Waals surface area (Å²) in [4.78, 5) is 0.672. The number of nitrogens with zero attached hydrogens (tertiary/aromatic N) is 2. The fourth-order valence-electron chi connectivity index (χ4n) is 2.19. The predicted octanol–water partition coefficient (Wildman–Crippen LogP) is 3.79. The van der Waals surface area contributed by atoms with Crippen molar-refractivity contribution in [1.29, 1.82) is 0 Å². The molecule has 4 nitrogen and oxygen atoms in total. The summed E-state index contributed by atoms with van der Waals surface area (Å²) in [5, 5.41) is 4.96. The second kappa shape index (κ2) is 7.09. The topological polar surface area (TPSA) is 60.9 Å². The highest BCUT2D eigenvalue weighted by molar-refractivity contribution is 7.84. The van der Waals surface area contributed by atoms with Crippen molar-refractivity contribution >= 4 is 28.1 Å². The van der Waals surface area contributed by atoms with Crippen molar-refractivity contribution < 1.29 is 4.21 Å². The van der Waals surface area contributed by atoms with Crippen LogP contribution < -0.4 is 5.73 Å². The molecule has 1 heterocycles. The maximum absolute atomic E-state index is 12.4. The average Bonchev–Trinajstić information content (AvgIpc) is 2.91. The Morgan fingerprint density at radius 3 is 2.67 bits per heavy atom. The number of halogens is 1. The van der Waals surface area contributed by atoms with Gasteiger partial charge in [0.1, 0.15) is 0 Å². The number of hydrogen-bond donors (Lipinski definition) is 1. The van der Waals surface area contributed by atoms with Gasteiger partial charge < -0.3 is 5.73 Å². The number of nitrogens with two attached hydrogens (primary N) is 1. The molecule has 1 atom stereocenters. The van der Waals surface area contributed by atoms with Crippen LogP contribution >= 0.6 is 11.6 Å². The van der Waals surface area contributed by atoms with E-state index in [1.165, 1.54) is 0 Å². The Kier molecular flexibility index (Phi) is 5.42. The minimum absolute atomic E-state index is 0.382. The number of benzene rings is 1. The van der Waals surface area contributed by atoms with Crippen molar-refractivity contribution in [2.24, 2.45) is 0 Å². The largest absolute Gasteiger partial charge is 0.398 e. The third-order valence-electron chi connectivity index (χ3n) is 3.49. The van der Waals surface area contributed by atoms with Crippen LogP contribution in [0.1, 0.15) is 38.4 Å². The number of hydrogen-bond acceptors (Lipinski definition) is 3. The van der Waals surface area contributed by atoms with E-state index < -0.39 is 10.8 Å². The van der Waals surface area contributed by atoms with Gasteiger partial charge in [0.25, 0.3) is 0 Å². The molecule has 2 rings (SSSR count). The molecule has 6 heteroatoms. The Morgan fingerprint density at radius 2 is 2.05 bits per heavy atom. The third kappa shape index (κ3) is 3.86. The third-order valence-corrected chi connectivity index (χ3v) is 5.16. The first kappa shape index (κ1) is 16.0. The maximum Gasteiger partial charge on any atom is 0.0753 e. The number of aromatic nitrogens is 2. The van der Waals surface area contributed by atoms with Gasteiger partial charge >= 0.3 is 0 Å². The number of nitrogen functional groups attached to an aromatic ring is 1. The van der Waals surface area contributed by atoms with E-state index in [9.17, 15) is 4.21 Å². The molecule has 2 aromatic rings. The van der Waals surface area contributed by atoms with Crippen LogP contribution in [0.5, 0.6) is 0 Å². The van der Waals surface area contributed by atoms with Crippen LogP contribution in [0.2, 0.25) is 5.02 Å². The highest BCUT2D eigenvalue weighted by Gasteiger charge is 2.12. The van der Waals surface area contributed by atoms with E-state index in [1.807, 2.05) is 16.9 Å². The lowest BCUT2D eigenvalue weighted by Crippen LogP contribution is -2.08. The van der Waals surface area contributed by atoms with E-state index in [2.05, 4.69) is 18.9 Å². The molecular formula is C15H20ClN3OS. The Morgan fingerprint density at radius 1 is 1.33 bits per heavy atom. The number of rotatable bonds is 6. The molecule has 0 aliphatic rings. The van der Waals surface area contributed by atoms with Crippen LogP contribution in [0, 0.1) is 0 Å². The molecule has 0 amide bonds. The minimum Gasteiger partial charge on any atom is -0.398 e. The van der Waals surface area contributed by atoms with Gasteiger partial charge in [0.05, 0.1) is 39.0 Å². The van der Waals surface area contributed by atoms with E-state index >= 15 is 0 Å². The van der Waals surface area contributed by atoms with E-state index in [1.54, 1.807) is 18.2 Å². The molecule has 1 unspecified atom stereocenters.